The summed E-state index contributed by atoms with van der Waals surface area (Å²) < 4.78 is 33.2. The molecule has 1 fully saturated rings. The van der Waals surface area contributed by atoms with E-state index in [-0.39, 0.29) is 0 Å². The Balaban J connectivity index is 0.000000711. The molecule has 22 heteroatoms. The van der Waals surface area contributed by atoms with Crippen molar-refractivity contribution in [3.63, 3.8) is 0 Å². The van der Waals surface area contributed by atoms with Crippen molar-refractivity contribution in [2.24, 2.45) is 0 Å². The highest BCUT2D eigenvalue weighted by molar-refractivity contribution is 7.45. The Bertz CT molecular complexity index is 1200. The van der Waals surface area contributed by atoms with Gasteiger partial charge in [0.2, 0.25) is 0 Å². The number of ether oxygens (including phenoxy) is 1. The van der Waals surface area contributed by atoms with Crippen LogP contribution in [0.1, 0.15) is 11.8 Å². The number of hydrogen-bond acceptors (Lipinski definition) is 9. The first-order valence-electron chi connectivity index (χ1n) is 9.09. The molecule has 0 aliphatic carbocycles. The van der Waals surface area contributed by atoms with Gasteiger partial charge in [0.05, 0.1) is 18.2 Å². The Hall–Kier alpha value is -1.91. The normalized spacial score (nSPS) is 21.4. The summed E-state index contributed by atoms with van der Waals surface area (Å²) in [5.74, 6) is 0. The second kappa shape index (κ2) is 14.3. The molecule has 12 N–H and O–H groups in total. The predicted molar refractivity (Wildman–Crippen MR) is 119 cm³/mol. The zero-order valence-corrected chi connectivity index (χ0v) is 20.7. The van der Waals surface area contributed by atoms with Crippen LogP contribution in [0, 0.1) is 11.3 Å². The molecule has 1 aliphatic heterocycles. The Morgan fingerprint density at radius 1 is 0.865 bits per heavy atom. The summed E-state index contributed by atoms with van der Waals surface area (Å²) in [6.07, 6.45) is -3.15. The van der Waals surface area contributed by atoms with E-state index in [4.69, 9.17) is 72.8 Å². The van der Waals surface area contributed by atoms with Crippen LogP contribution in [0.2, 0.25) is 0 Å². The fourth-order valence-electron chi connectivity index (χ4n) is 2.64. The van der Waals surface area contributed by atoms with Gasteiger partial charge in [-0.05, 0) is 29.7 Å². The summed E-state index contributed by atoms with van der Waals surface area (Å²) in [7, 11) is -13.9. The van der Waals surface area contributed by atoms with Crippen LogP contribution in [0.4, 0.5) is 0 Å². The lowest BCUT2D eigenvalue weighted by atomic mass is 10.1. The fraction of sp³-hybridized carbons (Fsp3) is 0.333. The van der Waals surface area contributed by atoms with E-state index in [9.17, 15) is 15.0 Å². The number of phosphoric acid groups is 3. The first-order valence-corrected chi connectivity index (χ1v) is 13.8. The lowest BCUT2D eigenvalue weighted by Gasteiger charge is -2.18. The Kier molecular flexibility index (Phi) is 13.6. The molecule has 0 spiro atoms. The zero-order valence-electron chi connectivity index (χ0n) is 18.0. The summed E-state index contributed by atoms with van der Waals surface area (Å²) in [6, 6.07) is 8.30. The minimum absolute atomic E-state index is 0.374. The number of aliphatic hydroxyl groups is 3. The molecule has 0 radical (unpaired) electrons. The number of pyridine rings is 1. The first-order chi connectivity index (χ1) is 16.6. The summed E-state index contributed by atoms with van der Waals surface area (Å²) >= 11 is 0. The van der Waals surface area contributed by atoms with E-state index in [0.717, 1.165) is 0 Å². The van der Waals surface area contributed by atoms with Crippen molar-refractivity contribution in [2.45, 2.75) is 24.5 Å². The molecule has 0 saturated carbocycles. The van der Waals surface area contributed by atoms with Crippen LogP contribution in [-0.4, -0.2) is 88.8 Å². The van der Waals surface area contributed by atoms with Crippen LogP contribution < -0.4 is 5.56 Å². The maximum absolute atomic E-state index is 12.5. The van der Waals surface area contributed by atoms with Gasteiger partial charge in [0.25, 0.3) is 5.56 Å². The van der Waals surface area contributed by atoms with Crippen LogP contribution in [0.15, 0.2) is 35.3 Å². The molecule has 19 nitrogen and oxygen atoms in total. The zero-order chi connectivity index (χ0) is 29.4. The van der Waals surface area contributed by atoms with E-state index in [1.807, 2.05) is 6.07 Å². The first kappa shape index (κ1) is 35.1. The second-order valence-corrected chi connectivity index (χ2v) is 9.79. The summed E-state index contributed by atoms with van der Waals surface area (Å²) in [5.41, 5.74) is 0.0365. The average molecular weight is 596 g/mol. The molecule has 0 unspecified atom stereocenters. The molecule has 1 saturated heterocycles. The molecule has 0 bridgehead atoms. The molecule has 2 heterocycles. The number of hydrogen-bond donors (Lipinski definition) is 12. The van der Waals surface area contributed by atoms with Crippen molar-refractivity contribution in [3.05, 3.63) is 46.4 Å². The van der Waals surface area contributed by atoms with Crippen molar-refractivity contribution in [3.8, 4) is 6.07 Å². The summed E-state index contributed by atoms with van der Waals surface area (Å²) in [6.45, 7) is -0.456. The van der Waals surface area contributed by atoms with Crippen molar-refractivity contribution in [2.75, 3.05) is 6.61 Å². The third kappa shape index (κ3) is 15.2. The van der Waals surface area contributed by atoms with Crippen LogP contribution >= 0.6 is 23.5 Å². The predicted octanol–water partition coefficient (Wildman–Crippen LogP) is -3.30. The van der Waals surface area contributed by atoms with Gasteiger partial charge in [-0.15, -0.1) is 0 Å². The van der Waals surface area contributed by atoms with E-state index in [2.05, 4.69) is 0 Å². The van der Waals surface area contributed by atoms with Gasteiger partial charge < -0.3 is 64.1 Å². The standard InChI is InChI=1S/C15H14N2O5.3H3O4P/c16-6-8-1-2-10-9(5-8)3-4-17(14(10)21)15-13(20)12(19)11(7-18)22-15;3*1-5(2,3)4/h1-5,11-13,15,18-20H,7H2;3*(H3,1,2,3,4)/t11-,12-,13-,15-;;;/m1.../s1. The molecular weight excluding hydrogens is 573 g/mol. The number of benzene rings is 1. The third-order valence-electron chi connectivity index (χ3n) is 3.85. The van der Waals surface area contributed by atoms with Crippen LogP contribution in [0.25, 0.3) is 10.8 Å². The van der Waals surface area contributed by atoms with E-state index < -0.39 is 60.2 Å². The largest absolute Gasteiger partial charge is 0.466 e. The van der Waals surface area contributed by atoms with E-state index in [1.165, 1.54) is 22.9 Å². The molecule has 2 aromatic rings. The van der Waals surface area contributed by atoms with Gasteiger partial charge >= 0.3 is 23.5 Å². The number of aromatic nitrogens is 1. The highest BCUT2D eigenvalue weighted by Gasteiger charge is 2.43. The quantitative estimate of drug-likeness (QED) is 0.151. The summed E-state index contributed by atoms with van der Waals surface area (Å²) in [5, 5.41) is 38.7. The van der Waals surface area contributed by atoms with Gasteiger partial charge in [-0.1, -0.05) is 0 Å². The van der Waals surface area contributed by atoms with Crippen molar-refractivity contribution in [1.29, 1.82) is 5.26 Å². The number of nitriles is 1. The average Bonchev–Trinajstić information content (AvgIpc) is 2.98. The second-order valence-electron chi connectivity index (χ2n) is 6.71. The SMILES string of the molecule is N#Cc1ccc2c(=O)n([C@@H]3O[C@H](CO)[C@@H](O)[C@H]3O)ccc2c1.O=P(O)(O)O.O=P(O)(O)O.O=P(O)(O)O. The number of aliphatic hydroxyl groups excluding tert-OH is 3. The highest BCUT2D eigenvalue weighted by Crippen LogP contribution is 2.29. The topological polar surface area (TPSA) is 349 Å². The minimum Gasteiger partial charge on any atom is -0.394 e. The van der Waals surface area contributed by atoms with Gasteiger partial charge in [-0.2, -0.15) is 5.26 Å². The Morgan fingerprint density at radius 2 is 1.32 bits per heavy atom. The van der Waals surface area contributed by atoms with Crippen molar-refractivity contribution < 1.29 is 77.8 Å². The van der Waals surface area contributed by atoms with E-state index in [1.54, 1.807) is 12.1 Å². The third-order valence-corrected chi connectivity index (χ3v) is 3.85. The summed E-state index contributed by atoms with van der Waals surface area (Å²) in [4.78, 5) is 77.2. The highest BCUT2D eigenvalue weighted by atomic mass is 31.2. The number of nitrogens with zero attached hydrogens (tertiary/aromatic N) is 2. The molecular formula is C15H23N2O17P3. The molecule has 1 aromatic heterocycles. The number of fused-ring (bicyclic) bond motifs is 1. The molecule has 4 atom stereocenters. The maximum atomic E-state index is 12.5. The van der Waals surface area contributed by atoms with Crippen LogP contribution in [-0.2, 0) is 18.4 Å². The molecule has 210 valence electrons. The Morgan fingerprint density at radius 3 is 1.70 bits per heavy atom. The van der Waals surface area contributed by atoms with Crippen LogP contribution in [0.3, 0.4) is 0 Å². The molecule has 0 amide bonds. The van der Waals surface area contributed by atoms with Gasteiger partial charge in [0.15, 0.2) is 6.23 Å². The fourth-order valence-corrected chi connectivity index (χ4v) is 2.64. The van der Waals surface area contributed by atoms with Crippen molar-refractivity contribution in [1.82, 2.24) is 4.57 Å². The Labute approximate surface area is 206 Å². The van der Waals surface area contributed by atoms with Crippen molar-refractivity contribution >= 4 is 34.2 Å². The van der Waals surface area contributed by atoms with E-state index in [0.29, 0.717) is 16.3 Å². The van der Waals surface area contributed by atoms with Gasteiger partial charge in [0.1, 0.15) is 18.3 Å². The smallest absolute Gasteiger partial charge is 0.394 e. The lowest BCUT2D eigenvalue weighted by Crippen LogP contribution is -2.35. The lowest BCUT2D eigenvalue weighted by molar-refractivity contribution is -0.0541. The van der Waals surface area contributed by atoms with E-state index >= 15 is 0 Å². The molecule has 37 heavy (non-hydrogen) atoms. The molecule has 1 aromatic carbocycles. The van der Waals surface area contributed by atoms with Gasteiger partial charge in [0, 0.05) is 11.6 Å². The monoisotopic (exact) mass is 596 g/mol. The maximum Gasteiger partial charge on any atom is 0.466 e. The van der Waals surface area contributed by atoms with Crippen LogP contribution in [0.5, 0.6) is 0 Å². The molecule has 1 aliphatic rings. The van der Waals surface area contributed by atoms with Gasteiger partial charge in [-0.3, -0.25) is 9.36 Å². The molecule has 3 rings (SSSR count). The number of rotatable bonds is 2. The van der Waals surface area contributed by atoms with Gasteiger partial charge in [-0.25, -0.2) is 13.7 Å². The minimum atomic E-state index is -4.64.